The number of nitrogens with one attached hydrogen (secondary N) is 2. The Hall–Kier alpha value is -3.38. The molecule has 0 unspecified atom stereocenters. The summed E-state index contributed by atoms with van der Waals surface area (Å²) in [5.41, 5.74) is -0.866. The Morgan fingerprint density at radius 2 is 1.87 bits per heavy atom. The molecular formula is C21H19ClF3N3O3. The highest BCUT2D eigenvalue weighted by Crippen LogP contribution is 2.36. The number of carbonyl (C=O) groups excluding carboxylic acids is 1. The fourth-order valence-electron chi connectivity index (χ4n) is 2.63. The summed E-state index contributed by atoms with van der Waals surface area (Å²) in [6.45, 7) is 0.197. The number of amides is 1. The monoisotopic (exact) mass is 453 g/mol. The van der Waals surface area contributed by atoms with Crippen molar-refractivity contribution in [3.8, 4) is 17.6 Å². The van der Waals surface area contributed by atoms with Crippen LogP contribution in [0.4, 0.5) is 18.9 Å². The molecule has 0 spiro atoms. The molecule has 2 aromatic rings. The molecule has 10 heteroatoms. The van der Waals surface area contributed by atoms with Crippen LogP contribution in [0.1, 0.15) is 11.1 Å². The van der Waals surface area contributed by atoms with Crippen molar-refractivity contribution >= 4 is 23.2 Å². The summed E-state index contributed by atoms with van der Waals surface area (Å²) in [6, 6.07) is 10.1. The minimum Gasteiger partial charge on any atom is -0.493 e. The number of methoxy groups -OCH3 is 2. The lowest BCUT2D eigenvalue weighted by molar-refractivity contribution is -0.136. The molecule has 6 nitrogen and oxygen atoms in total. The molecular weight excluding hydrogens is 435 g/mol. The van der Waals surface area contributed by atoms with Crippen molar-refractivity contribution in [3.05, 3.63) is 64.3 Å². The summed E-state index contributed by atoms with van der Waals surface area (Å²) in [5, 5.41) is 14.0. The molecule has 0 bridgehead atoms. The lowest BCUT2D eigenvalue weighted by atomic mass is 10.1. The smallest absolute Gasteiger partial charge is 0.418 e. The third-order valence-electron chi connectivity index (χ3n) is 4.17. The first-order chi connectivity index (χ1) is 14.7. The first-order valence-corrected chi connectivity index (χ1v) is 9.30. The second-order valence-corrected chi connectivity index (χ2v) is 6.63. The van der Waals surface area contributed by atoms with Gasteiger partial charge in [0.25, 0.3) is 5.91 Å². The largest absolute Gasteiger partial charge is 0.493 e. The summed E-state index contributed by atoms with van der Waals surface area (Å²) < 4.78 is 49.8. The molecule has 0 radical (unpaired) electrons. The van der Waals surface area contributed by atoms with E-state index in [-0.39, 0.29) is 22.8 Å². The number of anilines is 1. The van der Waals surface area contributed by atoms with Gasteiger partial charge in [0.05, 0.1) is 25.5 Å². The number of hydrogen-bond acceptors (Lipinski definition) is 5. The zero-order valence-corrected chi connectivity index (χ0v) is 17.4. The van der Waals surface area contributed by atoms with Crippen molar-refractivity contribution in [2.24, 2.45) is 0 Å². The molecule has 0 aromatic heterocycles. The van der Waals surface area contributed by atoms with Gasteiger partial charge in [-0.15, -0.1) is 0 Å². The van der Waals surface area contributed by atoms with Crippen LogP contribution in [0.2, 0.25) is 5.02 Å². The summed E-state index contributed by atoms with van der Waals surface area (Å²) in [7, 11) is 3.02. The number of ether oxygens (including phenoxy) is 2. The predicted molar refractivity (Wildman–Crippen MR) is 110 cm³/mol. The molecule has 164 valence electrons. The average Bonchev–Trinajstić information content (AvgIpc) is 2.74. The van der Waals surface area contributed by atoms with Gasteiger partial charge in [0.1, 0.15) is 11.6 Å². The minimum atomic E-state index is -4.66. The number of nitrogens with zero attached hydrogens (tertiary/aromatic N) is 1. The van der Waals surface area contributed by atoms with Crippen LogP contribution in [-0.2, 0) is 17.4 Å². The first kappa shape index (κ1) is 23.9. The maximum atomic E-state index is 13.1. The average molecular weight is 454 g/mol. The highest BCUT2D eigenvalue weighted by atomic mass is 35.5. The van der Waals surface area contributed by atoms with E-state index in [0.717, 1.165) is 23.9 Å². The Bertz CT molecular complexity index is 1020. The number of rotatable bonds is 8. The van der Waals surface area contributed by atoms with Gasteiger partial charge in [-0.2, -0.15) is 18.4 Å². The van der Waals surface area contributed by atoms with Crippen molar-refractivity contribution in [2.45, 2.75) is 12.6 Å². The second-order valence-electron chi connectivity index (χ2n) is 6.20. The molecule has 31 heavy (non-hydrogen) atoms. The van der Waals surface area contributed by atoms with Crippen molar-refractivity contribution in [3.63, 3.8) is 0 Å². The Balaban J connectivity index is 2.03. The molecule has 0 aliphatic heterocycles. The van der Waals surface area contributed by atoms with Crippen LogP contribution in [0, 0.1) is 11.3 Å². The van der Waals surface area contributed by atoms with Crippen molar-refractivity contribution in [1.29, 1.82) is 5.26 Å². The fraction of sp³-hybridized carbons (Fsp3) is 0.238. The van der Waals surface area contributed by atoms with Crippen LogP contribution in [0.25, 0.3) is 0 Å². The van der Waals surface area contributed by atoms with Gasteiger partial charge in [0.2, 0.25) is 0 Å². The molecule has 0 atom stereocenters. The number of hydrogen-bond donors (Lipinski definition) is 2. The highest BCUT2D eigenvalue weighted by Gasteiger charge is 2.33. The van der Waals surface area contributed by atoms with Gasteiger partial charge in [-0.05, 0) is 42.3 Å². The maximum Gasteiger partial charge on any atom is 0.418 e. The van der Waals surface area contributed by atoms with Crippen LogP contribution in [0.5, 0.6) is 11.5 Å². The van der Waals surface area contributed by atoms with Gasteiger partial charge in [-0.1, -0.05) is 17.7 Å². The zero-order valence-electron chi connectivity index (χ0n) is 16.6. The van der Waals surface area contributed by atoms with E-state index in [0.29, 0.717) is 17.9 Å². The lowest BCUT2D eigenvalue weighted by Gasteiger charge is -2.13. The molecule has 1 amide bonds. The molecule has 0 saturated heterocycles. The van der Waals surface area contributed by atoms with E-state index < -0.39 is 17.6 Å². The van der Waals surface area contributed by atoms with Crippen LogP contribution in [0.3, 0.4) is 0 Å². The van der Waals surface area contributed by atoms with E-state index in [2.05, 4.69) is 10.6 Å². The highest BCUT2D eigenvalue weighted by molar-refractivity contribution is 6.30. The van der Waals surface area contributed by atoms with E-state index in [1.807, 2.05) is 0 Å². The Morgan fingerprint density at radius 1 is 1.16 bits per heavy atom. The molecule has 0 aliphatic rings. The normalized spacial score (nSPS) is 11.5. The molecule has 0 saturated carbocycles. The second kappa shape index (κ2) is 10.6. The SMILES string of the molecule is COc1ccc(CCNC(=O)/C(C#N)=C\Nc2ccc(Cl)cc2C(F)(F)F)cc1OC. The van der Waals surface area contributed by atoms with E-state index in [1.165, 1.54) is 20.3 Å². The zero-order chi connectivity index (χ0) is 23.0. The standard InChI is InChI=1S/C21H19ClF3N3O3/c1-30-18-6-3-13(9-19(18)31-2)7-8-27-20(29)14(11-26)12-28-17-5-4-15(22)10-16(17)21(23,24)25/h3-6,9-10,12,28H,7-8H2,1-2H3,(H,27,29)/b14-12-. The predicted octanol–water partition coefficient (Wildman–Crippen LogP) is 4.55. The number of carbonyl (C=O) groups is 1. The number of nitriles is 1. The topological polar surface area (TPSA) is 83.4 Å². The third-order valence-corrected chi connectivity index (χ3v) is 4.41. The molecule has 0 aliphatic carbocycles. The number of benzene rings is 2. The Morgan fingerprint density at radius 3 is 2.48 bits per heavy atom. The first-order valence-electron chi connectivity index (χ1n) is 8.92. The summed E-state index contributed by atoms with van der Waals surface area (Å²) >= 11 is 5.63. The van der Waals surface area contributed by atoms with Crippen molar-refractivity contribution in [1.82, 2.24) is 5.32 Å². The Kier molecular flexibility index (Phi) is 8.16. The quantitative estimate of drug-likeness (QED) is 0.452. The number of alkyl halides is 3. The Labute approximate surface area is 182 Å². The van der Waals surface area contributed by atoms with E-state index in [1.54, 1.807) is 24.3 Å². The van der Waals surface area contributed by atoms with Crippen LogP contribution in [-0.4, -0.2) is 26.7 Å². The van der Waals surface area contributed by atoms with Crippen LogP contribution < -0.4 is 20.1 Å². The van der Waals surface area contributed by atoms with E-state index in [4.69, 9.17) is 21.1 Å². The summed E-state index contributed by atoms with van der Waals surface area (Å²) in [5.74, 6) is 0.381. The summed E-state index contributed by atoms with van der Waals surface area (Å²) in [4.78, 5) is 12.2. The molecule has 0 heterocycles. The fourth-order valence-corrected chi connectivity index (χ4v) is 2.80. The lowest BCUT2D eigenvalue weighted by Crippen LogP contribution is -2.27. The molecule has 2 aromatic carbocycles. The minimum absolute atomic E-state index is 0.0877. The maximum absolute atomic E-state index is 13.1. The van der Waals surface area contributed by atoms with Gasteiger partial charge >= 0.3 is 6.18 Å². The van der Waals surface area contributed by atoms with Crippen molar-refractivity contribution in [2.75, 3.05) is 26.1 Å². The van der Waals surface area contributed by atoms with Gasteiger partial charge in [-0.25, -0.2) is 0 Å². The molecule has 2 rings (SSSR count). The number of halogens is 4. The molecule has 2 N–H and O–H groups in total. The van der Waals surface area contributed by atoms with Gasteiger partial charge in [0.15, 0.2) is 11.5 Å². The van der Waals surface area contributed by atoms with Crippen LogP contribution >= 0.6 is 11.6 Å². The van der Waals surface area contributed by atoms with Crippen LogP contribution in [0.15, 0.2) is 48.2 Å². The van der Waals surface area contributed by atoms with Crippen molar-refractivity contribution < 1.29 is 27.4 Å². The van der Waals surface area contributed by atoms with E-state index >= 15 is 0 Å². The van der Waals surface area contributed by atoms with E-state index in [9.17, 15) is 23.2 Å². The summed E-state index contributed by atoms with van der Waals surface area (Å²) in [6.07, 6.45) is -3.30. The molecule has 0 fully saturated rings. The van der Waals surface area contributed by atoms with Gasteiger partial charge in [0, 0.05) is 17.8 Å². The van der Waals surface area contributed by atoms with Gasteiger partial charge in [-0.3, -0.25) is 4.79 Å². The van der Waals surface area contributed by atoms with Gasteiger partial charge < -0.3 is 20.1 Å². The third kappa shape index (κ3) is 6.55.